The first-order valence-electron chi connectivity index (χ1n) is 6.13. The fourth-order valence-electron chi connectivity index (χ4n) is 1.89. The molecule has 0 aliphatic carbocycles. The number of carbonyl (C=O) groups is 2. The van der Waals surface area contributed by atoms with Crippen LogP contribution in [0.15, 0.2) is 24.3 Å². The number of hydrogen-bond donors (Lipinski definition) is 0. The highest BCUT2D eigenvalue weighted by molar-refractivity contribution is 8.13. The molecule has 0 atom stereocenters. The van der Waals surface area contributed by atoms with Crippen LogP contribution in [0, 0.1) is 0 Å². The highest BCUT2D eigenvalue weighted by Crippen LogP contribution is 2.19. The smallest absolute Gasteiger partial charge is 0.282 e. The molecule has 4 heteroatoms. The van der Waals surface area contributed by atoms with Crippen molar-refractivity contribution >= 4 is 22.8 Å². The van der Waals surface area contributed by atoms with Crippen molar-refractivity contribution in [1.82, 2.24) is 4.90 Å². The maximum absolute atomic E-state index is 12.0. The molecule has 0 spiro atoms. The summed E-state index contributed by atoms with van der Waals surface area (Å²) in [5.74, 6) is 1.27. The number of thioether (sulfide) groups is 1. The van der Waals surface area contributed by atoms with Crippen LogP contribution in [0.25, 0.3) is 0 Å². The summed E-state index contributed by atoms with van der Waals surface area (Å²) in [6.45, 7) is 5.13. The molecular weight excluding hydrogens is 246 g/mol. The van der Waals surface area contributed by atoms with E-state index in [0.717, 1.165) is 5.75 Å². The van der Waals surface area contributed by atoms with Gasteiger partial charge in [0.15, 0.2) is 5.78 Å². The van der Waals surface area contributed by atoms with Gasteiger partial charge in [0, 0.05) is 17.9 Å². The highest BCUT2D eigenvalue weighted by Gasteiger charge is 2.23. The molecule has 0 radical (unpaired) electrons. The van der Waals surface area contributed by atoms with Crippen LogP contribution in [0.1, 0.15) is 35.7 Å². The van der Waals surface area contributed by atoms with Gasteiger partial charge < -0.3 is 4.90 Å². The molecule has 1 aliphatic rings. The van der Waals surface area contributed by atoms with Gasteiger partial charge >= 0.3 is 0 Å². The van der Waals surface area contributed by atoms with Gasteiger partial charge in [0.2, 0.25) is 0 Å². The summed E-state index contributed by atoms with van der Waals surface area (Å²) in [5.41, 5.74) is 1.91. The van der Waals surface area contributed by atoms with Gasteiger partial charge in [-0.3, -0.25) is 9.59 Å². The molecular formula is C14H17NO2S. The first kappa shape index (κ1) is 13.1. The number of benzene rings is 1. The van der Waals surface area contributed by atoms with E-state index in [4.69, 9.17) is 0 Å². The molecule has 2 rings (SSSR count). The van der Waals surface area contributed by atoms with E-state index in [1.165, 1.54) is 17.3 Å². The molecule has 18 heavy (non-hydrogen) atoms. The van der Waals surface area contributed by atoms with Crippen molar-refractivity contribution < 1.29 is 9.59 Å². The minimum atomic E-state index is 0.0150. The molecule has 1 aromatic rings. The SMILES string of the molecule is CC(C)c1ccc(C(=O)CN2CCSC2=O)cc1. The zero-order chi connectivity index (χ0) is 13.1. The van der Waals surface area contributed by atoms with Crippen molar-refractivity contribution in [2.24, 2.45) is 0 Å². The summed E-state index contributed by atoms with van der Waals surface area (Å²) in [7, 11) is 0. The fraction of sp³-hybridized carbons (Fsp3) is 0.429. The van der Waals surface area contributed by atoms with Crippen molar-refractivity contribution in [2.45, 2.75) is 19.8 Å². The van der Waals surface area contributed by atoms with Crippen molar-refractivity contribution in [3.05, 3.63) is 35.4 Å². The Hall–Kier alpha value is -1.29. The highest BCUT2D eigenvalue weighted by atomic mass is 32.2. The molecule has 1 heterocycles. The first-order valence-corrected chi connectivity index (χ1v) is 7.11. The van der Waals surface area contributed by atoms with E-state index >= 15 is 0 Å². The molecule has 96 valence electrons. The minimum absolute atomic E-state index is 0.0150. The van der Waals surface area contributed by atoms with Gasteiger partial charge in [0.1, 0.15) is 0 Å². The van der Waals surface area contributed by atoms with Gasteiger partial charge in [-0.1, -0.05) is 49.9 Å². The third-order valence-electron chi connectivity index (χ3n) is 3.08. The Bertz CT molecular complexity index is 453. The monoisotopic (exact) mass is 263 g/mol. The largest absolute Gasteiger partial charge is 0.325 e. The average molecular weight is 263 g/mol. The third-order valence-corrected chi connectivity index (χ3v) is 3.97. The first-order chi connectivity index (χ1) is 8.58. The van der Waals surface area contributed by atoms with Gasteiger partial charge in [-0.25, -0.2) is 0 Å². The average Bonchev–Trinajstić information content (AvgIpc) is 2.75. The Morgan fingerprint density at radius 1 is 1.33 bits per heavy atom. The second-order valence-electron chi connectivity index (χ2n) is 4.74. The van der Waals surface area contributed by atoms with Crippen LogP contribution < -0.4 is 0 Å². The van der Waals surface area contributed by atoms with Gasteiger partial charge in [-0.05, 0) is 11.5 Å². The molecule has 0 bridgehead atoms. The fourth-order valence-corrected chi connectivity index (χ4v) is 2.71. The Morgan fingerprint density at radius 2 is 2.00 bits per heavy atom. The topological polar surface area (TPSA) is 37.4 Å². The number of nitrogens with zero attached hydrogens (tertiary/aromatic N) is 1. The zero-order valence-corrected chi connectivity index (χ0v) is 11.5. The van der Waals surface area contributed by atoms with E-state index in [1.54, 1.807) is 4.90 Å². The molecule has 1 amide bonds. The molecule has 0 saturated carbocycles. The Morgan fingerprint density at radius 3 is 2.50 bits per heavy atom. The summed E-state index contributed by atoms with van der Waals surface area (Å²) in [5, 5.41) is 0.0159. The molecule has 1 saturated heterocycles. The lowest BCUT2D eigenvalue weighted by Gasteiger charge is -2.13. The second-order valence-corrected chi connectivity index (χ2v) is 5.78. The Kier molecular flexibility index (Phi) is 4.07. The van der Waals surface area contributed by atoms with Crippen LogP contribution in [0.3, 0.4) is 0 Å². The van der Waals surface area contributed by atoms with Crippen molar-refractivity contribution in [3.8, 4) is 0 Å². The van der Waals surface area contributed by atoms with Crippen molar-refractivity contribution in [1.29, 1.82) is 0 Å². The summed E-state index contributed by atoms with van der Waals surface area (Å²) in [6, 6.07) is 7.67. The van der Waals surface area contributed by atoms with Crippen molar-refractivity contribution in [2.75, 3.05) is 18.8 Å². The van der Waals surface area contributed by atoms with Gasteiger partial charge in [-0.15, -0.1) is 0 Å². The van der Waals surface area contributed by atoms with E-state index in [0.29, 0.717) is 18.0 Å². The van der Waals surface area contributed by atoms with Gasteiger partial charge in [-0.2, -0.15) is 0 Å². The predicted molar refractivity (Wildman–Crippen MR) is 74.3 cm³/mol. The van der Waals surface area contributed by atoms with Crippen LogP contribution in [0.4, 0.5) is 4.79 Å². The second kappa shape index (κ2) is 5.57. The van der Waals surface area contributed by atoms with Crippen LogP contribution in [-0.2, 0) is 0 Å². The van der Waals surface area contributed by atoms with Crippen LogP contribution in [0.2, 0.25) is 0 Å². The molecule has 1 aliphatic heterocycles. The summed E-state index contributed by atoms with van der Waals surface area (Å²) in [6.07, 6.45) is 0. The maximum atomic E-state index is 12.0. The van der Waals surface area contributed by atoms with Gasteiger partial charge in [0.25, 0.3) is 5.24 Å². The third kappa shape index (κ3) is 2.93. The van der Waals surface area contributed by atoms with E-state index in [1.807, 2.05) is 24.3 Å². The number of carbonyl (C=O) groups excluding carboxylic acids is 2. The van der Waals surface area contributed by atoms with E-state index < -0.39 is 0 Å². The standard InChI is InChI=1S/C14H17NO2S/c1-10(2)11-3-5-12(6-4-11)13(16)9-15-7-8-18-14(15)17/h3-6,10H,7-9H2,1-2H3. The Balaban J connectivity index is 2.02. The van der Waals surface area contributed by atoms with Crippen LogP contribution in [-0.4, -0.2) is 34.8 Å². The van der Waals surface area contributed by atoms with E-state index in [9.17, 15) is 9.59 Å². The lowest BCUT2D eigenvalue weighted by atomic mass is 10.0. The number of Topliss-reactive ketones (excluding diaryl/α,β-unsaturated/α-hetero) is 1. The summed E-state index contributed by atoms with van der Waals surface area (Å²) >= 11 is 1.28. The lowest BCUT2D eigenvalue weighted by molar-refractivity contribution is 0.0956. The van der Waals surface area contributed by atoms with Gasteiger partial charge in [0.05, 0.1) is 6.54 Å². The molecule has 3 nitrogen and oxygen atoms in total. The number of amides is 1. The molecule has 1 fully saturated rings. The summed E-state index contributed by atoms with van der Waals surface area (Å²) < 4.78 is 0. The zero-order valence-electron chi connectivity index (χ0n) is 10.7. The van der Waals surface area contributed by atoms with Crippen LogP contribution >= 0.6 is 11.8 Å². The van der Waals surface area contributed by atoms with E-state index in [-0.39, 0.29) is 17.6 Å². The molecule has 0 unspecified atom stereocenters. The molecule has 0 N–H and O–H groups in total. The van der Waals surface area contributed by atoms with Crippen molar-refractivity contribution in [3.63, 3.8) is 0 Å². The predicted octanol–water partition coefficient (Wildman–Crippen LogP) is 3.16. The van der Waals surface area contributed by atoms with E-state index in [2.05, 4.69) is 13.8 Å². The number of rotatable bonds is 4. The molecule has 0 aromatic heterocycles. The Labute approximate surface area is 112 Å². The molecule has 1 aromatic carbocycles. The lowest BCUT2D eigenvalue weighted by Crippen LogP contribution is -2.29. The minimum Gasteiger partial charge on any atom is -0.325 e. The quantitative estimate of drug-likeness (QED) is 0.783. The number of ketones is 1. The van der Waals surface area contributed by atoms with Crippen LogP contribution in [0.5, 0.6) is 0 Å². The summed E-state index contributed by atoms with van der Waals surface area (Å²) in [4.78, 5) is 25.1. The maximum Gasteiger partial charge on any atom is 0.282 e. The number of hydrogen-bond acceptors (Lipinski definition) is 3. The normalized spacial score (nSPS) is 15.5.